The molecule has 0 bridgehead atoms. The normalized spacial score (nSPS) is 20.1. The summed E-state index contributed by atoms with van der Waals surface area (Å²) in [6.07, 6.45) is 8.33. The van der Waals surface area contributed by atoms with Crippen molar-refractivity contribution in [3.63, 3.8) is 0 Å². The molecule has 1 saturated heterocycles. The summed E-state index contributed by atoms with van der Waals surface area (Å²) in [6, 6.07) is 7.85. The van der Waals surface area contributed by atoms with E-state index in [1.54, 1.807) is 7.11 Å². The van der Waals surface area contributed by atoms with Crippen molar-refractivity contribution in [3.8, 4) is 5.75 Å². The van der Waals surface area contributed by atoms with Gasteiger partial charge >= 0.3 is 0 Å². The predicted octanol–water partition coefficient (Wildman–Crippen LogP) is 2.65. The lowest BCUT2D eigenvalue weighted by Gasteiger charge is -2.36. The fourth-order valence-electron chi connectivity index (χ4n) is 3.65. The van der Waals surface area contributed by atoms with E-state index in [-0.39, 0.29) is 17.7 Å². The van der Waals surface area contributed by atoms with Crippen LogP contribution in [0.5, 0.6) is 5.75 Å². The molecule has 1 heterocycles. The fraction of sp³-hybridized carbons (Fsp3) is 0.524. The maximum Gasteiger partial charge on any atom is 0.226 e. The number of amides is 2. The Labute approximate surface area is 155 Å². The average molecular weight is 356 g/mol. The van der Waals surface area contributed by atoms with Gasteiger partial charge in [0.15, 0.2) is 0 Å². The molecule has 0 radical (unpaired) electrons. The number of nitrogens with zero attached hydrogens (tertiary/aromatic N) is 2. The van der Waals surface area contributed by atoms with Crippen LogP contribution in [0.2, 0.25) is 0 Å². The molecule has 1 aromatic carbocycles. The van der Waals surface area contributed by atoms with Crippen molar-refractivity contribution < 1.29 is 14.3 Å². The number of carbonyl (C=O) groups is 2. The van der Waals surface area contributed by atoms with E-state index in [1.807, 2.05) is 34.1 Å². The molecule has 2 aliphatic rings. The molecule has 1 atom stereocenters. The van der Waals surface area contributed by atoms with Crippen molar-refractivity contribution in [2.45, 2.75) is 32.1 Å². The second-order valence-corrected chi connectivity index (χ2v) is 7.04. The summed E-state index contributed by atoms with van der Waals surface area (Å²) in [7, 11) is 1.65. The molecule has 0 aromatic heterocycles. The smallest absolute Gasteiger partial charge is 0.226 e. The van der Waals surface area contributed by atoms with Gasteiger partial charge in [0.25, 0.3) is 0 Å². The number of allylic oxidation sites excluding steroid dienone is 2. The Morgan fingerprint density at radius 1 is 1.04 bits per heavy atom. The van der Waals surface area contributed by atoms with E-state index < -0.39 is 0 Å². The van der Waals surface area contributed by atoms with Crippen LogP contribution in [0, 0.1) is 5.92 Å². The van der Waals surface area contributed by atoms with Gasteiger partial charge in [0.2, 0.25) is 11.8 Å². The maximum atomic E-state index is 12.6. The molecule has 2 amide bonds. The molecular formula is C21H28N2O3. The third-order valence-electron chi connectivity index (χ3n) is 5.35. The van der Waals surface area contributed by atoms with Crippen LogP contribution in [-0.2, 0) is 16.0 Å². The van der Waals surface area contributed by atoms with E-state index in [1.165, 1.54) is 0 Å². The van der Waals surface area contributed by atoms with Gasteiger partial charge in [-0.05, 0) is 43.4 Å². The van der Waals surface area contributed by atoms with Crippen LogP contribution >= 0.6 is 0 Å². The highest BCUT2D eigenvalue weighted by molar-refractivity contribution is 5.80. The summed E-state index contributed by atoms with van der Waals surface area (Å²) in [4.78, 5) is 28.9. The molecule has 1 aliphatic carbocycles. The van der Waals surface area contributed by atoms with E-state index in [2.05, 4.69) is 12.2 Å². The molecule has 5 nitrogen and oxygen atoms in total. The molecule has 26 heavy (non-hydrogen) atoms. The predicted molar refractivity (Wildman–Crippen MR) is 101 cm³/mol. The summed E-state index contributed by atoms with van der Waals surface area (Å²) >= 11 is 0. The molecule has 5 heteroatoms. The number of aryl methyl sites for hydroxylation is 1. The van der Waals surface area contributed by atoms with Crippen LogP contribution in [-0.4, -0.2) is 54.9 Å². The zero-order valence-corrected chi connectivity index (χ0v) is 15.5. The second kappa shape index (κ2) is 8.88. The molecule has 1 aliphatic heterocycles. The van der Waals surface area contributed by atoms with E-state index >= 15 is 0 Å². The minimum atomic E-state index is 0.136. The van der Waals surface area contributed by atoms with E-state index in [4.69, 9.17) is 4.74 Å². The van der Waals surface area contributed by atoms with Gasteiger partial charge in [-0.25, -0.2) is 0 Å². The standard InChI is InChI=1S/C21H28N2O3/c1-26-19-10-7-17(8-11-19)9-12-20(24)22-13-15-23(16-14-22)21(25)18-5-3-2-4-6-18/h2-3,7-8,10-11,18H,4-6,9,12-16H2,1H3. The second-order valence-electron chi connectivity index (χ2n) is 7.04. The number of carbonyl (C=O) groups excluding carboxylic acids is 2. The molecule has 1 aromatic rings. The van der Waals surface area contributed by atoms with Gasteiger partial charge in [-0.2, -0.15) is 0 Å². The molecule has 0 saturated carbocycles. The van der Waals surface area contributed by atoms with Gasteiger partial charge in [-0.3, -0.25) is 9.59 Å². The monoisotopic (exact) mass is 356 g/mol. The summed E-state index contributed by atoms with van der Waals surface area (Å²) in [5, 5.41) is 0. The van der Waals surface area contributed by atoms with Crippen LogP contribution in [0.3, 0.4) is 0 Å². The van der Waals surface area contributed by atoms with Crippen molar-refractivity contribution in [2.75, 3.05) is 33.3 Å². The molecule has 1 fully saturated rings. The van der Waals surface area contributed by atoms with Crippen LogP contribution in [0.4, 0.5) is 0 Å². The highest BCUT2D eigenvalue weighted by Crippen LogP contribution is 2.21. The number of benzene rings is 1. The minimum absolute atomic E-state index is 0.136. The fourth-order valence-corrected chi connectivity index (χ4v) is 3.65. The quantitative estimate of drug-likeness (QED) is 0.762. The van der Waals surface area contributed by atoms with E-state index in [0.717, 1.165) is 37.0 Å². The summed E-state index contributed by atoms with van der Waals surface area (Å²) in [6.45, 7) is 2.62. The topological polar surface area (TPSA) is 49.9 Å². The lowest BCUT2D eigenvalue weighted by Crippen LogP contribution is -2.52. The number of piperazine rings is 1. The van der Waals surface area contributed by atoms with Crippen LogP contribution < -0.4 is 4.74 Å². The minimum Gasteiger partial charge on any atom is -0.497 e. The van der Waals surface area contributed by atoms with E-state index in [0.29, 0.717) is 32.6 Å². The van der Waals surface area contributed by atoms with E-state index in [9.17, 15) is 9.59 Å². The molecule has 3 rings (SSSR count). The van der Waals surface area contributed by atoms with Crippen LogP contribution in [0.15, 0.2) is 36.4 Å². The van der Waals surface area contributed by atoms with Crippen molar-refractivity contribution in [3.05, 3.63) is 42.0 Å². The zero-order chi connectivity index (χ0) is 18.4. The highest BCUT2D eigenvalue weighted by Gasteiger charge is 2.28. The van der Waals surface area contributed by atoms with Crippen molar-refractivity contribution >= 4 is 11.8 Å². The number of ether oxygens (including phenoxy) is 1. The van der Waals surface area contributed by atoms with Crippen molar-refractivity contribution in [1.82, 2.24) is 9.80 Å². The van der Waals surface area contributed by atoms with Crippen molar-refractivity contribution in [1.29, 1.82) is 0 Å². The number of methoxy groups -OCH3 is 1. The first kappa shape index (κ1) is 18.5. The van der Waals surface area contributed by atoms with Crippen molar-refractivity contribution in [2.24, 2.45) is 5.92 Å². The molecule has 0 N–H and O–H groups in total. The lowest BCUT2D eigenvalue weighted by atomic mass is 9.93. The third-order valence-corrected chi connectivity index (χ3v) is 5.35. The highest BCUT2D eigenvalue weighted by atomic mass is 16.5. The first-order valence-corrected chi connectivity index (χ1v) is 9.52. The Kier molecular flexibility index (Phi) is 6.31. The number of hydrogen-bond acceptors (Lipinski definition) is 3. The van der Waals surface area contributed by atoms with Crippen LogP contribution in [0.1, 0.15) is 31.2 Å². The maximum absolute atomic E-state index is 12.6. The van der Waals surface area contributed by atoms with Crippen LogP contribution in [0.25, 0.3) is 0 Å². The van der Waals surface area contributed by atoms with Gasteiger partial charge in [0.05, 0.1) is 7.11 Å². The average Bonchev–Trinajstić information content (AvgIpc) is 2.72. The number of rotatable bonds is 5. The first-order chi connectivity index (χ1) is 12.7. The molecular weight excluding hydrogens is 328 g/mol. The Hall–Kier alpha value is -2.30. The summed E-state index contributed by atoms with van der Waals surface area (Å²) < 4.78 is 5.15. The Balaban J connectivity index is 1.42. The van der Waals surface area contributed by atoms with Gasteiger partial charge < -0.3 is 14.5 Å². The Bertz CT molecular complexity index is 646. The first-order valence-electron chi connectivity index (χ1n) is 9.52. The van der Waals surface area contributed by atoms with Gasteiger partial charge in [-0.1, -0.05) is 24.3 Å². The van der Waals surface area contributed by atoms with Gasteiger partial charge in [0, 0.05) is 38.5 Å². The Morgan fingerprint density at radius 2 is 1.73 bits per heavy atom. The third kappa shape index (κ3) is 4.65. The number of hydrogen-bond donors (Lipinski definition) is 0. The zero-order valence-electron chi connectivity index (χ0n) is 15.5. The SMILES string of the molecule is COc1ccc(CCC(=O)N2CCN(C(=O)C3CC=CCC3)CC2)cc1. The van der Waals surface area contributed by atoms with Gasteiger partial charge in [0.1, 0.15) is 5.75 Å². The summed E-state index contributed by atoms with van der Waals surface area (Å²) in [5.74, 6) is 1.40. The Morgan fingerprint density at radius 3 is 2.35 bits per heavy atom. The molecule has 1 unspecified atom stereocenters. The largest absolute Gasteiger partial charge is 0.497 e. The van der Waals surface area contributed by atoms with Gasteiger partial charge in [-0.15, -0.1) is 0 Å². The summed E-state index contributed by atoms with van der Waals surface area (Å²) in [5.41, 5.74) is 1.14. The molecule has 0 spiro atoms. The molecule has 140 valence electrons. The lowest BCUT2D eigenvalue weighted by molar-refractivity contribution is -0.142.